The summed E-state index contributed by atoms with van der Waals surface area (Å²) in [4.78, 5) is 0. The molecule has 0 bridgehead atoms. The summed E-state index contributed by atoms with van der Waals surface area (Å²) in [6, 6.07) is 33.4. The highest BCUT2D eigenvalue weighted by Crippen LogP contribution is 2.29. The molecule has 1 radical (unpaired) electrons. The summed E-state index contributed by atoms with van der Waals surface area (Å²) >= 11 is 0. The maximum absolute atomic E-state index is 3.43. The molecule has 115 valence electrons. The fraction of sp³-hybridized carbons (Fsp3) is 0.217. The molecular weight excluding hydrogens is 276 g/mol. The van der Waals surface area contributed by atoms with E-state index in [4.69, 9.17) is 0 Å². The molecule has 0 N–H and O–H groups in total. The van der Waals surface area contributed by atoms with Crippen molar-refractivity contribution in [3.8, 4) is 0 Å². The molecular formula is C23H23. The van der Waals surface area contributed by atoms with E-state index in [-0.39, 0.29) is 0 Å². The zero-order valence-corrected chi connectivity index (χ0v) is 13.5. The number of unbranched alkanes of at least 4 members (excludes halogenated alkanes) is 1. The standard InChI is InChI=1S/C23H23/c1-4-12-20(13-5-1)14-10-11-19-23(21-15-6-2-7-16-21)22-17-8-3-9-18-22/h1-9,12-13,15-17,23H,10-11,14,19H2. The lowest BCUT2D eigenvalue weighted by Crippen LogP contribution is -2.01. The Hall–Kier alpha value is -2.34. The van der Waals surface area contributed by atoms with E-state index >= 15 is 0 Å². The topological polar surface area (TPSA) is 0 Å². The van der Waals surface area contributed by atoms with Crippen LogP contribution < -0.4 is 0 Å². The Labute approximate surface area is 139 Å². The minimum atomic E-state index is 0.452. The van der Waals surface area contributed by atoms with E-state index in [1.165, 1.54) is 42.4 Å². The van der Waals surface area contributed by atoms with Gasteiger partial charge in [-0.1, -0.05) is 91.3 Å². The van der Waals surface area contributed by atoms with Crippen LogP contribution in [0.5, 0.6) is 0 Å². The summed E-state index contributed by atoms with van der Waals surface area (Å²) in [7, 11) is 0. The highest BCUT2D eigenvalue weighted by atomic mass is 14.2. The maximum Gasteiger partial charge on any atom is 0.00954 e. The third kappa shape index (κ3) is 4.56. The van der Waals surface area contributed by atoms with Crippen molar-refractivity contribution in [2.24, 2.45) is 0 Å². The highest BCUT2D eigenvalue weighted by molar-refractivity contribution is 5.31. The van der Waals surface area contributed by atoms with E-state index in [1.54, 1.807) is 0 Å². The third-order valence-corrected chi connectivity index (χ3v) is 4.36. The quantitative estimate of drug-likeness (QED) is 0.467. The van der Waals surface area contributed by atoms with Gasteiger partial charge in [-0.05, 0) is 42.0 Å². The van der Waals surface area contributed by atoms with E-state index < -0.39 is 0 Å². The SMILES string of the molecule is [c]1ccccc1C(CCCCc1ccccc1)c1ccccc1. The molecule has 0 heterocycles. The van der Waals surface area contributed by atoms with E-state index in [0.29, 0.717) is 5.92 Å². The van der Waals surface area contributed by atoms with E-state index in [2.05, 4.69) is 78.9 Å². The summed E-state index contributed by atoms with van der Waals surface area (Å²) in [6.45, 7) is 0. The van der Waals surface area contributed by atoms with Gasteiger partial charge in [0.05, 0.1) is 0 Å². The number of hydrogen-bond donors (Lipinski definition) is 0. The van der Waals surface area contributed by atoms with Gasteiger partial charge >= 0.3 is 0 Å². The average molecular weight is 299 g/mol. The number of rotatable bonds is 7. The zero-order valence-electron chi connectivity index (χ0n) is 13.5. The van der Waals surface area contributed by atoms with Crippen molar-refractivity contribution in [3.05, 3.63) is 108 Å². The van der Waals surface area contributed by atoms with Gasteiger partial charge < -0.3 is 0 Å². The summed E-state index contributed by atoms with van der Waals surface area (Å²) in [5, 5.41) is 0. The average Bonchev–Trinajstić information content (AvgIpc) is 2.64. The molecule has 1 unspecified atom stereocenters. The largest absolute Gasteiger partial charge is 0.0622 e. The van der Waals surface area contributed by atoms with Crippen LogP contribution in [0, 0.1) is 6.07 Å². The minimum Gasteiger partial charge on any atom is -0.0622 e. The first kappa shape index (κ1) is 15.6. The van der Waals surface area contributed by atoms with E-state index in [0.717, 1.165) is 0 Å². The fourth-order valence-corrected chi connectivity index (χ4v) is 3.13. The molecule has 0 nitrogen and oxygen atoms in total. The molecule has 3 aromatic rings. The van der Waals surface area contributed by atoms with Gasteiger partial charge in [-0.25, -0.2) is 0 Å². The maximum atomic E-state index is 3.43. The van der Waals surface area contributed by atoms with Crippen LogP contribution in [0.2, 0.25) is 0 Å². The first-order valence-electron chi connectivity index (χ1n) is 8.49. The Bertz CT molecular complexity index is 632. The van der Waals surface area contributed by atoms with Gasteiger partial charge in [0.2, 0.25) is 0 Å². The van der Waals surface area contributed by atoms with E-state index in [9.17, 15) is 0 Å². The van der Waals surface area contributed by atoms with Crippen molar-refractivity contribution in [1.82, 2.24) is 0 Å². The smallest absolute Gasteiger partial charge is 0.00954 e. The van der Waals surface area contributed by atoms with Gasteiger partial charge in [0.1, 0.15) is 0 Å². The Morgan fingerprint density at radius 1 is 0.696 bits per heavy atom. The van der Waals surface area contributed by atoms with Crippen LogP contribution in [0.3, 0.4) is 0 Å². The predicted octanol–water partition coefficient (Wildman–Crippen LogP) is 6.03. The lowest BCUT2D eigenvalue weighted by Gasteiger charge is -2.18. The second-order valence-electron chi connectivity index (χ2n) is 6.01. The molecule has 0 aliphatic rings. The van der Waals surface area contributed by atoms with Gasteiger partial charge in [0.25, 0.3) is 0 Å². The molecule has 0 spiro atoms. The summed E-state index contributed by atoms with van der Waals surface area (Å²) in [6.07, 6.45) is 4.82. The van der Waals surface area contributed by atoms with Crippen LogP contribution in [0.1, 0.15) is 41.9 Å². The van der Waals surface area contributed by atoms with Crippen LogP contribution in [0.25, 0.3) is 0 Å². The Morgan fingerprint density at radius 2 is 1.39 bits per heavy atom. The van der Waals surface area contributed by atoms with Crippen LogP contribution in [0.4, 0.5) is 0 Å². The molecule has 0 saturated carbocycles. The zero-order chi connectivity index (χ0) is 15.7. The number of benzene rings is 3. The third-order valence-electron chi connectivity index (χ3n) is 4.36. The van der Waals surface area contributed by atoms with Gasteiger partial charge in [-0.3, -0.25) is 0 Å². The molecule has 3 rings (SSSR count). The minimum absolute atomic E-state index is 0.452. The van der Waals surface area contributed by atoms with Crippen molar-refractivity contribution in [3.63, 3.8) is 0 Å². The van der Waals surface area contributed by atoms with Crippen molar-refractivity contribution in [2.75, 3.05) is 0 Å². The Balaban J connectivity index is 1.63. The molecule has 1 atom stereocenters. The Morgan fingerprint density at radius 3 is 2.09 bits per heavy atom. The second kappa shape index (κ2) is 8.33. The molecule has 23 heavy (non-hydrogen) atoms. The molecule has 3 aromatic carbocycles. The van der Waals surface area contributed by atoms with Gasteiger partial charge in [-0.15, -0.1) is 0 Å². The van der Waals surface area contributed by atoms with Crippen LogP contribution in [0.15, 0.2) is 84.9 Å². The molecule has 0 fully saturated rings. The number of aryl methyl sites for hydroxylation is 1. The molecule has 0 saturated heterocycles. The second-order valence-corrected chi connectivity index (χ2v) is 6.01. The first-order valence-corrected chi connectivity index (χ1v) is 8.49. The van der Waals surface area contributed by atoms with E-state index in [1.807, 2.05) is 12.1 Å². The predicted molar refractivity (Wildman–Crippen MR) is 97.6 cm³/mol. The monoisotopic (exact) mass is 299 g/mol. The van der Waals surface area contributed by atoms with Crippen molar-refractivity contribution >= 4 is 0 Å². The van der Waals surface area contributed by atoms with Gasteiger partial charge in [-0.2, -0.15) is 0 Å². The van der Waals surface area contributed by atoms with Crippen LogP contribution in [-0.2, 0) is 6.42 Å². The number of hydrogen-bond acceptors (Lipinski definition) is 0. The summed E-state index contributed by atoms with van der Waals surface area (Å²) in [5.74, 6) is 0.452. The molecule has 0 heteroatoms. The lowest BCUT2D eigenvalue weighted by atomic mass is 9.86. The molecule has 0 aliphatic heterocycles. The summed E-state index contributed by atoms with van der Waals surface area (Å²) in [5.41, 5.74) is 4.14. The first-order chi connectivity index (χ1) is 11.4. The van der Waals surface area contributed by atoms with Crippen LogP contribution in [-0.4, -0.2) is 0 Å². The molecule has 0 aromatic heterocycles. The summed E-state index contributed by atoms with van der Waals surface area (Å²) < 4.78 is 0. The van der Waals surface area contributed by atoms with Crippen molar-refractivity contribution in [1.29, 1.82) is 0 Å². The lowest BCUT2D eigenvalue weighted by molar-refractivity contribution is 0.625. The van der Waals surface area contributed by atoms with Gasteiger partial charge in [0, 0.05) is 5.92 Å². The highest BCUT2D eigenvalue weighted by Gasteiger charge is 2.13. The molecule has 0 aliphatic carbocycles. The van der Waals surface area contributed by atoms with Crippen molar-refractivity contribution in [2.45, 2.75) is 31.6 Å². The Kier molecular flexibility index (Phi) is 5.64. The van der Waals surface area contributed by atoms with Gasteiger partial charge in [0.15, 0.2) is 0 Å². The molecule has 0 amide bonds. The van der Waals surface area contributed by atoms with Crippen LogP contribution >= 0.6 is 0 Å². The normalized spacial score (nSPS) is 10.8. The van der Waals surface area contributed by atoms with Crippen molar-refractivity contribution < 1.29 is 0 Å². The fourth-order valence-electron chi connectivity index (χ4n) is 3.13.